The first-order chi connectivity index (χ1) is 9.56. The lowest BCUT2D eigenvalue weighted by Crippen LogP contribution is -2.04. The lowest BCUT2D eigenvalue weighted by Gasteiger charge is -2.04. The largest absolute Gasteiger partial charge is 0.422 e. The molecule has 0 amide bonds. The molecule has 102 valence electrons. The minimum absolute atomic E-state index is 0.309. The number of hydrogen-bond donors (Lipinski definition) is 0. The molecule has 0 saturated heterocycles. The van der Waals surface area contributed by atoms with Crippen LogP contribution < -0.4 is 4.74 Å². The zero-order valence-corrected chi connectivity index (χ0v) is 13.2. The molecule has 2 aromatic rings. The molecule has 0 radical (unpaired) electrons. The Kier molecular flexibility index (Phi) is 5.24. The number of halogens is 3. The molecule has 0 saturated carbocycles. The third kappa shape index (κ3) is 4.10. The average molecular weight is 372 g/mol. The molecule has 2 aromatic carbocycles. The molecule has 0 atom stereocenters. The molecule has 5 heteroatoms. The summed E-state index contributed by atoms with van der Waals surface area (Å²) in [6.07, 6.45) is 2.90. The van der Waals surface area contributed by atoms with E-state index in [1.807, 2.05) is 12.1 Å². The van der Waals surface area contributed by atoms with Gasteiger partial charge >= 0.3 is 5.97 Å². The van der Waals surface area contributed by atoms with Crippen LogP contribution in [0.1, 0.15) is 5.56 Å². The van der Waals surface area contributed by atoms with Crippen molar-refractivity contribution in [3.8, 4) is 5.75 Å². The van der Waals surface area contributed by atoms with Gasteiger partial charge in [-0.1, -0.05) is 57.3 Å². The Balaban J connectivity index is 2.08. The van der Waals surface area contributed by atoms with E-state index in [2.05, 4.69) is 15.9 Å². The fourth-order valence-electron chi connectivity index (χ4n) is 1.47. The number of esters is 1. The van der Waals surface area contributed by atoms with Gasteiger partial charge in [-0.2, -0.15) is 0 Å². The van der Waals surface area contributed by atoms with E-state index >= 15 is 0 Å². The zero-order chi connectivity index (χ0) is 14.5. The van der Waals surface area contributed by atoms with Crippen molar-refractivity contribution >= 4 is 51.2 Å². The van der Waals surface area contributed by atoms with E-state index in [-0.39, 0.29) is 0 Å². The van der Waals surface area contributed by atoms with Gasteiger partial charge in [0.05, 0.1) is 5.02 Å². The quantitative estimate of drug-likeness (QED) is 0.411. The van der Waals surface area contributed by atoms with E-state index in [0.29, 0.717) is 15.8 Å². The number of hydrogen-bond acceptors (Lipinski definition) is 2. The van der Waals surface area contributed by atoms with Gasteiger partial charge in [0.15, 0.2) is 0 Å². The summed E-state index contributed by atoms with van der Waals surface area (Å²) in [4.78, 5) is 11.7. The summed E-state index contributed by atoms with van der Waals surface area (Å²) in [5.74, 6) is -0.210. The number of carbonyl (C=O) groups is 1. The van der Waals surface area contributed by atoms with Gasteiger partial charge in [0.1, 0.15) is 5.75 Å². The smallest absolute Gasteiger partial charge is 0.336 e. The summed E-state index contributed by atoms with van der Waals surface area (Å²) in [7, 11) is 0. The topological polar surface area (TPSA) is 26.3 Å². The van der Waals surface area contributed by atoms with Crippen LogP contribution >= 0.6 is 39.1 Å². The fraction of sp³-hybridized carbons (Fsp3) is 0. The number of ether oxygens (including phenoxy) is 1. The van der Waals surface area contributed by atoms with E-state index in [0.717, 1.165) is 10.0 Å². The molecule has 20 heavy (non-hydrogen) atoms. The zero-order valence-electron chi connectivity index (χ0n) is 10.1. The summed E-state index contributed by atoms with van der Waals surface area (Å²) in [5.41, 5.74) is 0.744. The second-order valence-corrected chi connectivity index (χ2v) is 5.58. The van der Waals surface area contributed by atoms with Gasteiger partial charge in [-0.05, 0) is 35.9 Å². The van der Waals surface area contributed by atoms with Crippen LogP contribution in [0.25, 0.3) is 6.08 Å². The van der Waals surface area contributed by atoms with E-state index < -0.39 is 5.97 Å². The lowest BCUT2D eigenvalue weighted by atomic mass is 10.2. The predicted octanol–water partition coefficient (Wildman–Crippen LogP) is 5.37. The van der Waals surface area contributed by atoms with Crippen LogP contribution in [0.2, 0.25) is 10.0 Å². The van der Waals surface area contributed by atoms with Crippen molar-refractivity contribution in [1.82, 2.24) is 0 Å². The molecule has 0 aromatic heterocycles. The van der Waals surface area contributed by atoms with E-state index in [1.165, 1.54) is 6.08 Å². The predicted molar refractivity (Wildman–Crippen MR) is 85.3 cm³/mol. The average Bonchev–Trinajstić information content (AvgIpc) is 2.41. The van der Waals surface area contributed by atoms with Crippen LogP contribution in [0.15, 0.2) is 53.0 Å². The Morgan fingerprint density at radius 1 is 1.10 bits per heavy atom. The minimum atomic E-state index is -0.519. The maximum atomic E-state index is 11.7. The van der Waals surface area contributed by atoms with Crippen molar-refractivity contribution in [2.75, 3.05) is 0 Å². The first-order valence-electron chi connectivity index (χ1n) is 5.66. The van der Waals surface area contributed by atoms with Crippen molar-refractivity contribution in [2.45, 2.75) is 0 Å². The van der Waals surface area contributed by atoms with E-state index in [1.54, 1.807) is 36.4 Å². The van der Waals surface area contributed by atoms with Gasteiger partial charge in [-0.25, -0.2) is 4.79 Å². The second kappa shape index (κ2) is 6.93. The first kappa shape index (κ1) is 15.1. The lowest BCUT2D eigenvalue weighted by molar-refractivity contribution is -0.128. The Hall–Kier alpha value is -1.29. The monoisotopic (exact) mass is 370 g/mol. The van der Waals surface area contributed by atoms with Gasteiger partial charge in [0.25, 0.3) is 0 Å². The van der Waals surface area contributed by atoms with E-state index in [9.17, 15) is 4.79 Å². The fourth-order valence-corrected chi connectivity index (χ4v) is 2.38. The highest BCUT2D eigenvalue weighted by Gasteiger charge is 2.06. The van der Waals surface area contributed by atoms with E-state index in [4.69, 9.17) is 27.9 Å². The van der Waals surface area contributed by atoms with Gasteiger partial charge < -0.3 is 4.74 Å². The molecule has 0 unspecified atom stereocenters. The summed E-state index contributed by atoms with van der Waals surface area (Å²) in [5, 5.41) is 0.928. The highest BCUT2D eigenvalue weighted by Crippen LogP contribution is 2.28. The van der Waals surface area contributed by atoms with Crippen molar-refractivity contribution < 1.29 is 9.53 Å². The molecule has 0 heterocycles. The van der Waals surface area contributed by atoms with Crippen LogP contribution in [0.3, 0.4) is 0 Å². The molecule has 0 aliphatic rings. The van der Waals surface area contributed by atoms with Crippen LogP contribution in [0, 0.1) is 0 Å². The molecule has 0 bridgehead atoms. The molecule has 0 spiro atoms. The standard InChI is InChI=1S/C15H9BrCl2O2/c16-11-6-7-14(13(18)9-11)20-15(19)8-5-10-3-1-2-4-12(10)17/h1-9H/b8-5+. The van der Waals surface area contributed by atoms with Crippen molar-refractivity contribution in [1.29, 1.82) is 0 Å². The molecular weight excluding hydrogens is 363 g/mol. The summed E-state index contributed by atoms with van der Waals surface area (Å²) < 4.78 is 5.95. The Labute approximate surface area is 135 Å². The van der Waals surface area contributed by atoms with Crippen LogP contribution in [0.4, 0.5) is 0 Å². The van der Waals surface area contributed by atoms with Crippen LogP contribution in [-0.2, 0) is 4.79 Å². The number of benzene rings is 2. The Morgan fingerprint density at radius 3 is 2.55 bits per heavy atom. The molecule has 0 aliphatic carbocycles. The minimum Gasteiger partial charge on any atom is -0.422 e. The third-order valence-corrected chi connectivity index (χ3v) is 3.54. The molecule has 2 rings (SSSR count). The van der Waals surface area contributed by atoms with Gasteiger partial charge in [0, 0.05) is 15.6 Å². The van der Waals surface area contributed by atoms with Crippen molar-refractivity contribution in [3.05, 3.63) is 68.6 Å². The normalized spacial score (nSPS) is 10.8. The highest BCUT2D eigenvalue weighted by atomic mass is 79.9. The number of carbonyl (C=O) groups excluding carboxylic acids is 1. The first-order valence-corrected chi connectivity index (χ1v) is 7.20. The molecule has 0 N–H and O–H groups in total. The molecule has 0 aliphatic heterocycles. The summed E-state index contributed by atoms with van der Waals surface area (Å²) in [6.45, 7) is 0. The SMILES string of the molecule is O=C(/C=C/c1ccccc1Cl)Oc1ccc(Br)cc1Cl. The molecule has 2 nitrogen and oxygen atoms in total. The third-order valence-electron chi connectivity index (χ3n) is 2.41. The van der Waals surface area contributed by atoms with Gasteiger partial charge in [-0.15, -0.1) is 0 Å². The van der Waals surface area contributed by atoms with Gasteiger partial charge in [-0.3, -0.25) is 0 Å². The maximum absolute atomic E-state index is 11.7. The number of rotatable bonds is 3. The maximum Gasteiger partial charge on any atom is 0.336 e. The van der Waals surface area contributed by atoms with Crippen LogP contribution in [-0.4, -0.2) is 5.97 Å². The van der Waals surface area contributed by atoms with Crippen molar-refractivity contribution in [2.24, 2.45) is 0 Å². The second-order valence-electron chi connectivity index (χ2n) is 3.85. The Morgan fingerprint density at radius 2 is 1.85 bits per heavy atom. The van der Waals surface area contributed by atoms with Crippen LogP contribution in [0.5, 0.6) is 5.75 Å². The summed E-state index contributed by atoms with van der Waals surface area (Å²) in [6, 6.07) is 12.2. The van der Waals surface area contributed by atoms with Crippen molar-refractivity contribution in [3.63, 3.8) is 0 Å². The van der Waals surface area contributed by atoms with Gasteiger partial charge in [0.2, 0.25) is 0 Å². The molecular formula is C15H9BrCl2O2. The Bertz CT molecular complexity index is 669. The molecule has 0 fully saturated rings. The summed E-state index contributed by atoms with van der Waals surface area (Å²) >= 11 is 15.2. The highest BCUT2D eigenvalue weighted by molar-refractivity contribution is 9.10.